The average molecular weight is 298 g/mol. The molecule has 0 fully saturated rings. The first kappa shape index (κ1) is 16.5. The highest BCUT2D eigenvalue weighted by Crippen LogP contribution is 2.19. The third-order valence-electron chi connectivity index (χ3n) is 2.90. The highest BCUT2D eigenvalue weighted by molar-refractivity contribution is 7.98. The van der Waals surface area contributed by atoms with E-state index in [-0.39, 0.29) is 12.5 Å². The number of amides is 1. The Bertz CT molecular complexity index is 429. The monoisotopic (exact) mass is 298 g/mol. The number of hydrogen-bond acceptors (Lipinski definition) is 7. The lowest BCUT2D eigenvalue weighted by molar-refractivity contribution is -0.129. The quantitative estimate of drug-likeness (QED) is 0.333. The molecule has 0 saturated carbocycles. The number of anilines is 2. The number of carbonyl (C=O) groups is 1. The summed E-state index contributed by atoms with van der Waals surface area (Å²) in [4.78, 5) is 24.2. The van der Waals surface area contributed by atoms with Gasteiger partial charge in [-0.1, -0.05) is 11.8 Å². The number of carbonyl (C=O) groups excluding carboxylic acids is 1. The number of thioether (sulfide) groups is 1. The minimum atomic E-state index is 0.0732. The van der Waals surface area contributed by atoms with Crippen molar-refractivity contribution in [2.75, 3.05) is 43.3 Å². The van der Waals surface area contributed by atoms with Gasteiger partial charge < -0.3 is 15.2 Å². The lowest BCUT2D eigenvalue weighted by atomic mass is 10.4. The Kier molecular flexibility index (Phi) is 6.53. The van der Waals surface area contributed by atoms with E-state index < -0.39 is 0 Å². The van der Waals surface area contributed by atoms with E-state index >= 15 is 0 Å². The summed E-state index contributed by atoms with van der Waals surface area (Å²) in [5.41, 5.74) is 2.51. The van der Waals surface area contributed by atoms with Crippen molar-refractivity contribution in [3.63, 3.8) is 0 Å². The molecule has 7 nitrogen and oxygen atoms in total. The zero-order valence-corrected chi connectivity index (χ0v) is 13.2. The number of nitrogens with one attached hydrogen (secondary N) is 1. The molecule has 8 heteroatoms. The van der Waals surface area contributed by atoms with Crippen LogP contribution in [0.3, 0.4) is 0 Å². The molecule has 0 aromatic carbocycles. The van der Waals surface area contributed by atoms with Crippen LogP contribution in [0, 0.1) is 0 Å². The molecule has 1 heterocycles. The van der Waals surface area contributed by atoms with Crippen LogP contribution in [0.15, 0.2) is 11.2 Å². The minimum absolute atomic E-state index is 0.0732. The third kappa shape index (κ3) is 4.24. The zero-order valence-electron chi connectivity index (χ0n) is 12.4. The van der Waals surface area contributed by atoms with E-state index in [2.05, 4.69) is 15.4 Å². The van der Waals surface area contributed by atoms with Gasteiger partial charge in [0.1, 0.15) is 11.6 Å². The Morgan fingerprint density at radius 3 is 2.55 bits per heavy atom. The van der Waals surface area contributed by atoms with Crippen molar-refractivity contribution in [1.82, 2.24) is 14.9 Å². The van der Waals surface area contributed by atoms with Crippen LogP contribution in [0.5, 0.6) is 0 Å². The largest absolute Gasteiger partial charge is 0.350 e. The zero-order chi connectivity index (χ0) is 15.1. The van der Waals surface area contributed by atoms with Crippen molar-refractivity contribution in [2.45, 2.75) is 19.0 Å². The smallest absolute Gasteiger partial charge is 0.242 e. The summed E-state index contributed by atoms with van der Waals surface area (Å²) in [6.07, 6.45) is 1.89. The van der Waals surface area contributed by atoms with Crippen molar-refractivity contribution in [2.24, 2.45) is 5.84 Å². The summed E-state index contributed by atoms with van der Waals surface area (Å²) in [6, 6.07) is 1.72. The second-order valence-electron chi connectivity index (χ2n) is 4.16. The van der Waals surface area contributed by atoms with Crippen LogP contribution in [0.1, 0.15) is 13.8 Å². The summed E-state index contributed by atoms with van der Waals surface area (Å²) >= 11 is 1.42. The molecule has 3 N–H and O–H groups in total. The first-order valence-corrected chi connectivity index (χ1v) is 7.66. The molecular weight excluding hydrogens is 276 g/mol. The molecule has 0 spiro atoms. The minimum Gasteiger partial charge on any atom is -0.350 e. The van der Waals surface area contributed by atoms with Crippen LogP contribution >= 0.6 is 11.8 Å². The normalized spacial score (nSPS) is 10.2. The van der Waals surface area contributed by atoms with Gasteiger partial charge in [0.2, 0.25) is 5.91 Å². The molecule has 0 bridgehead atoms. The Morgan fingerprint density at radius 1 is 1.40 bits per heavy atom. The molecule has 0 aliphatic carbocycles. The summed E-state index contributed by atoms with van der Waals surface area (Å²) in [7, 11) is 1.83. The van der Waals surface area contributed by atoms with Crippen molar-refractivity contribution in [3.05, 3.63) is 6.07 Å². The second-order valence-corrected chi connectivity index (χ2v) is 4.94. The van der Waals surface area contributed by atoms with Gasteiger partial charge in [0.15, 0.2) is 5.16 Å². The molecular formula is C12H22N6OS. The molecule has 0 atom stereocenters. The highest BCUT2D eigenvalue weighted by atomic mass is 32.2. The molecule has 112 valence electrons. The van der Waals surface area contributed by atoms with Crippen LogP contribution in [0.2, 0.25) is 0 Å². The summed E-state index contributed by atoms with van der Waals surface area (Å²) in [6.45, 7) is 5.62. The summed E-state index contributed by atoms with van der Waals surface area (Å²) in [5, 5.41) is 0.609. The van der Waals surface area contributed by atoms with Crippen LogP contribution in [0.4, 0.5) is 11.6 Å². The van der Waals surface area contributed by atoms with E-state index in [0.717, 1.165) is 0 Å². The number of nitrogen functional groups attached to an aromatic ring is 1. The number of rotatable bonds is 7. The van der Waals surface area contributed by atoms with Crippen LogP contribution in [0.25, 0.3) is 0 Å². The number of hydrogen-bond donors (Lipinski definition) is 2. The molecule has 0 saturated heterocycles. The summed E-state index contributed by atoms with van der Waals surface area (Å²) < 4.78 is 0. The fraction of sp³-hybridized carbons (Fsp3) is 0.583. The maximum atomic E-state index is 12.1. The standard InChI is InChI=1S/C12H22N6OS/c1-5-18(6-2)11(19)8-17(3)10-7-9(16-13)14-12(15-10)20-4/h7H,5-6,8,13H2,1-4H3,(H,14,15,16). The number of hydrazine groups is 1. The van der Waals surface area contributed by atoms with E-state index in [9.17, 15) is 4.79 Å². The Hall–Kier alpha value is -1.54. The van der Waals surface area contributed by atoms with Crippen LogP contribution in [-0.4, -0.2) is 53.7 Å². The molecule has 0 unspecified atom stereocenters. The van der Waals surface area contributed by atoms with E-state index in [1.54, 1.807) is 15.9 Å². The van der Waals surface area contributed by atoms with Gasteiger partial charge in [-0.2, -0.15) is 0 Å². The van der Waals surface area contributed by atoms with Crippen molar-refractivity contribution in [3.8, 4) is 0 Å². The van der Waals surface area contributed by atoms with Crippen LogP contribution in [-0.2, 0) is 4.79 Å². The molecule has 1 aromatic rings. The number of nitrogens with two attached hydrogens (primary N) is 1. The van der Waals surface area contributed by atoms with Gasteiger partial charge in [-0.25, -0.2) is 15.8 Å². The van der Waals surface area contributed by atoms with Gasteiger partial charge >= 0.3 is 0 Å². The number of nitrogens with zero attached hydrogens (tertiary/aromatic N) is 4. The number of aromatic nitrogens is 2. The Morgan fingerprint density at radius 2 is 2.05 bits per heavy atom. The molecule has 0 radical (unpaired) electrons. The molecule has 0 aliphatic heterocycles. The molecule has 1 amide bonds. The van der Waals surface area contributed by atoms with Gasteiger partial charge in [0, 0.05) is 26.2 Å². The van der Waals surface area contributed by atoms with Gasteiger partial charge in [0.25, 0.3) is 0 Å². The third-order valence-corrected chi connectivity index (χ3v) is 3.45. The lowest BCUT2D eigenvalue weighted by Crippen LogP contribution is -2.39. The van der Waals surface area contributed by atoms with Crippen molar-refractivity contribution in [1.29, 1.82) is 0 Å². The van der Waals surface area contributed by atoms with Gasteiger partial charge in [-0.05, 0) is 20.1 Å². The van der Waals surface area contributed by atoms with E-state index in [0.29, 0.717) is 29.9 Å². The van der Waals surface area contributed by atoms with E-state index in [1.165, 1.54) is 11.8 Å². The van der Waals surface area contributed by atoms with Gasteiger partial charge in [0.05, 0.1) is 6.54 Å². The molecule has 1 aromatic heterocycles. The summed E-state index contributed by atoms with van der Waals surface area (Å²) in [5.74, 6) is 6.66. The first-order chi connectivity index (χ1) is 9.55. The van der Waals surface area contributed by atoms with E-state index in [1.807, 2.05) is 27.2 Å². The van der Waals surface area contributed by atoms with E-state index in [4.69, 9.17) is 5.84 Å². The number of likely N-dealkylation sites (N-methyl/N-ethyl adjacent to an activating group) is 2. The van der Waals surface area contributed by atoms with Crippen LogP contribution < -0.4 is 16.2 Å². The molecule has 20 heavy (non-hydrogen) atoms. The van der Waals surface area contributed by atoms with Gasteiger partial charge in [-0.3, -0.25) is 4.79 Å². The predicted molar refractivity (Wildman–Crippen MR) is 82.8 cm³/mol. The first-order valence-electron chi connectivity index (χ1n) is 6.44. The highest BCUT2D eigenvalue weighted by Gasteiger charge is 2.15. The fourth-order valence-electron chi connectivity index (χ4n) is 1.73. The van der Waals surface area contributed by atoms with Gasteiger partial charge in [-0.15, -0.1) is 0 Å². The molecule has 0 aliphatic rings. The fourth-order valence-corrected chi connectivity index (χ4v) is 2.11. The Balaban J connectivity index is 2.86. The predicted octanol–water partition coefficient (Wildman–Crippen LogP) is 0.789. The SMILES string of the molecule is CCN(CC)C(=O)CN(C)c1cc(NN)nc(SC)n1. The van der Waals surface area contributed by atoms with Crippen molar-refractivity contribution >= 4 is 29.3 Å². The second kappa shape index (κ2) is 7.91. The maximum Gasteiger partial charge on any atom is 0.242 e. The maximum absolute atomic E-state index is 12.1. The van der Waals surface area contributed by atoms with Crippen molar-refractivity contribution < 1.29 is 4.79 Å². The Labute approximate surface area is 123 Å². The molecule has 1 rings (SSSR count). The average Bonchev–Trinajstić information content (AvgIpc) is 2.47. The lowest BCUT2D eigenvalue weighted by Gasteiger charge is -2.24. The topological polar surface area (TPSA) is 87.4 Å².